The number of benzene rings is 10. The highest BCUT2D eigenvalue weighted by Crippen LogP contribution is 2.36. The first kappa shape index (κ1) is 80.5. The van der Waals surface area contributed by atoms with Gasteiger partial charge in [-0.1, -0.05) is 133 Å². The topological polar surface area (TPSA) is 227 Å². The largest absolute Gasteiger partial charge is 0.472 e. The van der Waals surface area contributed by atoms with Gasteiger partial charge in [0.2, 0.25) is 0 Å². The smallest absolute Gasteiger partial charge is 0.416 e. The number of amides is 4. The number of anilines is 4. The Hall–Kier alpha value is -14.5. The van der Waals surface area contributed by atoms with Crippen LogP contribution < -0.4 is 21.3 Å². The second-order valence-electron chi connectivity index (χ2n) is 26.4. The first-order valence-electron chi connectivity index (χ1n) is 35.6. The summed E-state index contributed by atoms with van der Waals surface area (Å²) in [5, 5.41) is 39.4. The third-order valence-corrected chi connectivity index (χ3v) is 18.4. The monoisotopic (exact) mass is 1600 g/mol. The minimum atomic E-state index is -4.41. The molecular weight excluding hydrogens is 1540 g/mol. The molecule has 0 radical (unpaired) electrons. The van der Waals surface area contributed by atoms with Gasteiger partial charge in [0.15, 0.2) is 29.0 Å². The fraction of sp³-hybridized carbons (Fsp3) is 0.116. The van der Waals surface area contributed by atoms with E-state index in [0.717, 1.165) is 87.0 Å². The summed E-state index contributed by atoms with van der Waals surface area (Å²) in [4.78, 5) is 50.1. The number of nitrogens with zero attached hydrogens (tertiary/aromatic N) is 10. The number of carbonyl (C=O) groups is 4. The molecule has 0 spiro atoms. The number of hydrogen-bond acceptors (Lipinski definition) is 11. The van der Waals surface area contributed by atoms with Gasteiger partial charge in [-0.3, -0.25) is 37.9 Å². The van der Waals surface area contributed by atoms with Crippen molar-refractivity contribution in [2.24, 2.45) is 0 Å². The molecule has 0 saturated heterocycles. The number of furan rings is 1. The van der Waals surface area contributed by atoms with Crippen molar-refractivity contribution in [3.05, 3.63) is 358 Å². The zero-order valence-corrected chi connectivity index (χ0v) is 61.4. The first-order chi connectivity index (χ1) is 56.0. The Morgan fingerprint density at radius 1 is 0.333 bits per heavy atom. The molecular formula is C86H64F12N14O5. The maximum Gasteiger partial charge on any atom is 0.416 e. The fourth-order valence-corrected chi connectivity index (χ4v) is 12.5. The van der Waals surface area contributed by atoms with E-state index >= 15 is 0 Å². The van der Waals surface area contributed by atoms with Crippen molar-refractivity contribution < 1.29 is 76.3 Å². The number of carbonyl (C=O) groups excluding carboxylic acids is 4. The molecule has 0 saturated carbocycles. The van der Waals surface area contributed by atoms with Crippen molar-refractivity contribution in [2.75, 3.05) is 21.3 Å². The van der Waals surface area contributed by atoms with Crippen molar-refractivity contribution in [2.45, 2.75) is 64.7 Å². The Morgan fingerprint density at radius 2 is 0.667 bits per heavy atom. The number of nitrogens with one attached hydrogen (secondary N) is 4. The molecule has 16 aromatic rings. The van der Waals surface area contributed by atoms with E-state index in [2.05, 4.69) is 51.9 Å². The Kier molecular flexibility index (Phi) is 23.7. The summed E-state index contributed by atoms with van der Waals surface area (Å²) in [7, 11) is 0. The van der Waals surface area contributed by atoms with E-state index in [1.54, 1.807) is 85.5 Å². The normalized spacial score (nSPS) is 11.6. The van der Waals surface area contributed by atoms with Crippen LogP contribution in [0.15, 0.2) is 284 Å². The highest BCUT2D eigenvalue weighted by atomic mass is 19.4. The van der Waals surface area contributed by atoms with Crippen LogP contribution in [0, 0.1) is 13.8 Å². The van der Waals surface area contributed by atoms with E-state index in [1.165, 1.54) is 73.3 Å². The van der Waals surface area contributed by atoms with E-state index in [1.807, 2.05) is 105 Å². The van der Waals surface area contributed by atoms with Crippen molar-refractivity contribution in [1.29, 1.82) is 0 Å². The molecule has 117 heavy (non-hydrogen) atoms. The van der Waals surface area contributed by atoms with Crippen molar-refractivity contribution in [3.8, 4) is 0 Å². The van der Waals surface area contributed by atoms with Crippen molar-refractivity contribution >= 4 is 90.5 Å². The lowest BCUT2D eigenvalue weighted by atomic mass is 10.1. The molecule has 6 heterocycles. The van der Waals surface area contributed by atoms with Crippen LogP contribution in [0.3, 0.4) is 0 Å². The summed E-state index contributed by atoms with van der Waals surface area (Å²) < 4.78 is 165. The second kappa shape index (κ2) is 34.4. The fourth-order valence-electron chi connectivity index (χ4n) is 12.5. The number of aromatic nitrogens is 10. The molecule has 10 aromatic carbocycles. The molecule has 592 valence electrons. The van der Waals surface area contributed by atoms with E-state index in [-0.39, 0.29) is 49.6 Å². The number of fused-ring (bicyclic) bond motifs is 4. The Balaban J connectivity index is 0.000000136. The third-order valence-electron chi connectivity index (χ3n) is 18.4. The third kappa shape index (κ3) is 19.6. The zero-order valence-electron chi connectivity index (χ0n) is 61.4. The number of para-hydroxylation sites is 4. The molecule has 4 N–H and O–H groups in total. The van der Waals surface area contributed by atoms with Gasteiger partial charge in [-0.15, -0.1) is 5.10 Å². The summed E-state index contributed by atoms with van der Waals surface area (Å²) in [5.74, 6) is 0.107. The van der Waals surface area contributed by atoms with Crippen molar-refractivity contribution in [1.82, 2.24) is 49.3 Å². The van der Waals surface area contributed by atoms with Gasteiger partial charge in [0.1, 0.15) is 6.26 Å². The maximum absolute atomic E-state index is 13.0. The second-order valence-corrected chi connectivity index (χ2v) is 26.4. The van der Waals surface area contributed by atoms with E-state index < -0.39 is 52.9 Å². The van der Waals surface area contributed by atoms with E-state index in [4.69, 9.17) is 4.42 Å². The molecule has 19 nitrogen and oxygen atoms in total. The summed E-state index contributed by atoms with van der Waals surface area (Å²) in [6.45, 7) is 4.65. The minimum Gasteiger partial charge on any atom is -0.472 e. The van der Waals surface area contributed by atoms with Gasteiger partial charge in [0, 0.05) is 38.9 Å². The van der Waals surface area contributed by atoms with Gasteiger partial charge in [-0.25, -0.2) is 0 Å². The van der Waals surface area contributed by atoms with Gasteiger partial charge in [-0.2, -0.15) is 78.2 Å². The number of halogens is 12. The van der Waals surface area contributed by atoms with Crippen LogP contribution in [0.1, 0.15) is 97.2 Å². The molecule has 16 rings (SSSR count). The Bertz CT molecular complexity index is 6020. The molecule has 0 fully saturated rings. The van der Waals surface area contributed by atoms with Crippen LogP contribution in [-0.2, 0) is 50.9 Å². The standard InChI is InChI=1S/2C23H18F3N3O.C20H14F3N5O.C20H14F3N3O2/c2*1-15-6-2-3-7-18(15)22(30)27-21-19-8-4-5-9-20(19)29(28-21)14-16-10-12-17(13-11-16)23(24,25)26;21-20(22,23)14-9-7-13(8-10-14)12-28-17-6-2-1-4-15(17)18(27-28)25-19(29)16-5-3-11-24-26-16;21-20(22,23)15-5-3-4-13(10-15)11-26-17-7-2-1-6-16(17)18(25-26)24-19(27)14-8-9-28-12-14/h2*2-13H,14H2,1H3,(H,27,28,30);1-11H,12H2,(H,25,27,29);1-10,12H,11H2,(H,24,25,27). The van der Waals surface area contributed by atoms with Crippen LogP contribution in [0.5, 0.6) is 0 Å². The predicted octanol–water partition coefficient (Wildman–Crippen LogP) is 20.4. The molecule has 0 unspecified atom stereocenters. The first-order valence-corrected chi connectivity index (χ1v) is 35.6. The lowest BCUT2D eigenvalue weighted by Gasteiger charge is -2.09. The summed E-state index contributed by atoms with van der Waals surface area (Å²) in [5.41, 5.74) is 5.94. The van der Waals surface area contributed by atoms with Gasteiger partial charge >= 0.3 is 24.7 Å². The molecule has 0 aliphatic carbocycles. The molecule has 0 bridgehead atoms. The quantitative estimate of drug-likeness (QED) is 0.0665. The van der Waals surface area contributed by atoms with Gasteiger partial charge in [-0.05, 0) is 175 Å². The average Bonchev–Trinajstić information content (AvgIpc) is 1.65. The van der Waals surface area contributed by atoms with E-state index in [9.17, 15) is 71.9 Å². The van der Waals surface area contributed by atoms with Gasteiger partial charge in [0.25, 0.3) is 23.6 Å². The number of aryl methyl sites for hydroxylation is 2. The van der Waals surface area contributed by atoms with Crippen LogP contribution in [0.25, 0.3) is 43.6 Å². The minimum absolute atomic E-state index is 0.131. The lowest BCUT2D eigenvalue weighted by Crippen LogP contribution is -2.15. The zero-order chi connectivity index (χ0) is 82.8. The van der Waals surface area contributed by atoms with Crippen LogP contribution >= 0.6 is 0 Å². The molecule has 6 aromatic heterocycles. The summed E-state index contributed by atoms with van der Waals surface area (Å²) in [6, 6.07) is 68.4. The van der Waals surface area contributed by atoms with Crippen LogP contribution in [-0.4, -0.2) is 72.9 Å². The van der Waals surface area contributed by atoms with Gasteiger partial charge < -0.3 is 25.7 Å². The average molecular weight is 1600 g/mol. The molecule has 0 aliphatic heterocycles. The molecule has 31 heteroatoms. The van der Waals surface area contributed by atoms with Crippen molar-refractivity contribution in [3.63, 3.8) is 0 Å². The lowest BCUT2D eigenvalue weighted by molar-refractivity contribution is -0.138. The molecule has 4 amide bonds. The van der Waals surface area contributed by atoms with Crippen LogP contribution in [0.2, 0.25) is 0 Å². The highest BCUT2D eigenvalue weighted by Gasteiger charge is 2.34. The number of hydrogen-bond donors (Lipinski definition) is 4. The maximum atomic E-state index is 13.0. The SMILES string of the molecule is Cc1ccccc1C(=O)Nc1nn(Cc2ccc(C(F)(F)F)cc2)c2ccccc12.Cc1ccccc1C(=O)Nc1nn(Cc2ccc(C(F)(F)F)cc2)c2ccccc12.O=C(Nc1nn(Cc2ccc(C(F)(F)F)cc2)c2ccccc12)c1cccnn1.O=C(Nc1nn(Cc2cccc(C(F)(F)F)c2)c2ccccc12)c1ccoc1. The Morgan fingerprint density at radius 3 is 1.00 bits per heavy atom. The molecule has 0 aliphatic rings. The van der Waals surface area contributed by atoms with E-state index in [0.29, 0.717) is 78.5 Å². The summed E-state index contributed by atoms with van der Waals surface area (Å²) in [6.07, 6.45) is -13.4. The van der Waals surface area contributed by atoms with Crippen LogP contribution in [0.4, 0.5) is 76.0 Å². The predicted molar refractivity (Wildman–Crippen MR) is 416 cm³/mol. The highest BCUT2D eigenvalue weighted by molar-refractivity contribution is 6.11. The number of alkyl halides is 12. The number of rotatable bonds is 16. The molecule has 0 atom stereocenters. The van der Waals surface area contributed by atoms with Gasteiger partial charge in [0.05, 0.1) is 82.3 Å². The Labute approximate surface area is 656 Å². The summed E-state index contributed by atoms with van der Waals surface area (Å²) >= 11 is 0.